The van der Waals surface area contributed by atoms with E-state index in [-0.39, 0.29) is 0 Å². The summed E-state index contributed by atoms with van der Waals surface area (Å²) in [7, 11) is 0. The monoisotopic (exact) mass is 840 g/mol. The molecule has 11 aromatic rings. The van der Waals surface area contributed by atoms with Crippen LogP contribution >= 0.6 is 0 Å². The first-order valence-corrected chi connectivity index (χ1v) is 22.5. The fourth-order valence-electron chi connectivity index (χ4n) is 8.76. The van der Waals surface area contributed by atoms with Gasteiger partial charge in [0, 0.05) is 16.7 Å². The highest BCUT2D eigenvalue weighted by Crippen LogP contribution is 2.35. The maximum Gasteiger partial charge on any atom is 0.160 e. The highest BCUT2D eigenvalue weighted by molar-refractivity contribution is 5.81. The van der Waals surface area contributed by atoms with E-state index >= 15 is 0 Å². The van der Waals surface area contributed by atoms with Gasteiger partial charge in [0.05, 0.1) is 11.4 Å². The predicted molar refractivity (Wildman–Crippen MR) is 276 cm³/mol. The average Bonchev–Trinajstić information content (AvgIpc) is 3.42. The molecule has 0 fully saturated rings. The smallest absolute Gasteiger partial charge is 0.160 e. The largest absolute Gasteiger partial charge is 0.228 e. The van der Waals surface area contributed by atoms with Crippen molar-refractivity contribution in [1.82, 2.24) is 9.97 Å². The predicted octanol–water partition coefficient (Wildman–Crippen LogP) is 17.1. The lowest BCUT2D eigenvalue weighted by atomic mass is 9.96. The van der Waals surface area contributed by atoms with Gasteiger partial charge >= 0.3 is 0 Å². The topological polar surface area (TPSA) is 25.8 Å². The van der Waals surface area contributed by atoms with Gasteiger partial charge in [0.25, 0.3) is 0 Å². The highest BCUT2D eigenvalue weighted by Gasteiger charge is 2.13. The van der Waals surface area contributed by atoms with E-state index in [4.69, 9.17) is 9.97 Å². The number of rotatable bonds is 10. The normalized spacial score (nSPS) is 11.0. The number of aromatic nitrogens is 2. The van der Waals surface area contributed by atoms with E-state index < -0.39 is 0 Å². The minimum Gasteiger partial charge on any atom is -0.228 e. The van der Waals surface area contributed by atoms with E-state index in [0.717, 1.165) is 50.3 Å². The van der Waals surface area contributed by atoms with E-state index in [2.05, 4.69) is 267 Å². The number of benzene rings is 10. The van der Waals surface area contributed by atoms with Crippen molar-refractivity contribution in [2.45, 2.75) is 0 Å². The fourth-order valence-corrected chi connectivity index (χ4v) is 8.76. The molecule has 0 aliphatic rings. The van der Waals surface area contributed by atoms with Crippen LogP contribution in [0.3, 0.4) is 0 Å². The van der Waals surface area contributed by atoms with Crippen molar-refractivity contribution in [1.29, 1.82) is 0 Å². The van der Waals surface area contributed by atoms with Crippen LogP contribution in [0.2, 0.25) is 0 Å². The molecule has 0 spiro atoms. The molecule has 0 bridgehead atoms. The van der Waals surface area contributed by atoms with Crippen molar-refractivity contribution in [3.05, 3.63) is 267 Å². The van der Waals surface area contributed by atoms with Gasteiger partial charge in [0.15, 0.2) is 5.82 Å². The van der Waals surface area contributed by atoms with Gasteiger partial charge in [0.1, 0.15) is 0 Å². The molecule has 0 atom stereocenters. The second-order valence-electron chi connectivity index (χ2n) is 16.6. The van der Waals surface area contributed by atoms with E-state index in [1.165, 1.54) is 55.6 Å². The van der Waals surface area contributed by atoms with Crippen molar-refractivity contribution in [2.75, 3.05) is 0 Å². The third-order valence-corrected chi connectivity index (χ3v) is 12.3. The van der Waals surface area contributed by atoms with Gasteiger partial charge in [-0.25, -0.2) is 9.97 Å². The van der Waals surface area contributed by atoms with Crippen molar-refractivity contribution in [3.8, 4) is 112 Å². The lowest BCUT2D eigenvalue weighted by Crippen LogP contribution is -1.96. The van der Waals surface area contributed by atoms with Crippen LogP contribution in [0, 0.1) is 0 Å². The van der Waals surface area contributed by atoms with Crippen LogP contribution in [0.1, 0.15) is 0 Å². The summed E-state index contributed by atoms with van der Waals surface area (Å²) in [6, 6.07) is 94.9. The second kappa shape index (κ2) is 18.2. The molecule has 10 aromatic carbocycles. The van der Waals surface area contributed by atoms with Gasteiger partial charge in [0.2, 0.25) is 0 Å². The van der Waals surface area contributed by atoms with Gasteiger partial charge in [-0.15, -0.1) is 0 Å². The molecule has 0 aliphatic heterocycles. The van der Waals surface area contributed by atoms with E-state index in [1.54, 1.807) is 0 Å². The molecule has 1 aromatic heterocycles. The molecule has 0 saturated carbocycles. The third-order valence-electron chi connectivity index (χ3n) is 12.3. The third kappa shape index (κ3) is 8.64. The summed E-state index contributed by atoms with van der Waals surface area (Å²) in [6.07, 6.45) is 0. The molecule has 0 aliphatic carbocycles. The Morgan fingerprint density at radius 1 is 0.152 bits per heavy atom. The van der Waals surface area contributed by atoms with E-state index in [9.17, 15) is 0 Å². The molecule has 1 heterocycles. The summed E-state index contributed by atoms with van der Waals surface area (Å²) in [5, 5.41) is 0. The van der Waals surface area contributed by atoms with E-state index in [1.807, 2.05) is 0 Å². The Labute approximate surface area is 386 Å². The second-order valence-corrected chi connectivity index (χ2v) is 16.6. The number of nitrogens with zero attached hydrogens (tertiary/aromatic N) is 2. The molecular weight excluding hydrogens is 797 g/mol. The van der Waals surface area contributed by atoms with Crippen molar-refractivity contribution < 1.29 is 0 Å². The van der Waals surface area contributed by atoms with Crippen molar-refractivity contribution in [2.24, 2.45) is 0 Å². The standard InChI is InChI=1S/C64H44N2/c1-4-14-45(15-5-1)54-20-10-23-57(40-54)48-28-34-51(35-29-48)62-44-63(52-36-30-49(31-37-52)58-24-11-21-55(41-58)46-16-6-2-7-17-46)66-64(65-62)53-38-32-50(33-39-53)59-25-13-27-61(43-59)60-26-12-22-56(42-60)47-18-8-3-9-19-47/h1-44H. The van der Waals surface area contributed by atoms with Crippen molar-refractivity contribution >= 4 is 0 Å². The molecule has 2 nitrogen and oxygen atoms in total. The summed E-state index contributed by atoms with van der Waals surface area (Å²) in [5.41, 5.74) is 21.3. The number of hydrogen-bond donors (Lipinski definition) is 0. The van der Waals surface area contributed by atoms with Crippen LogP contribution in [-0.4, -0.2) is 9.97 Å². The first kappa shape index (κ1) is 40.1. The molecule has 66 heavy (non-hydrogen) atoms. The highest BCUT2D eigenvalue weighted by atomic mass is 14.9. The molecular formula is C64H44N2. The van der Waals surface area contributed by atoms with Crippen LogP contribution in [0.4, 0.5) is 0 Å². The quantitative estimate of drug-likeness (QED) is 0.137. The summed E-state index contributed by atoms with van der Waals surface area (Å²) in [5.74, 6) is 0.680. The Morgan fingerprint density at radius 3 is 0.652 bits per heavy atom. The Morgan fingerprint density at radius 2 is 0.364 bits per heavy atom. The molecule has 310 valence electrons. The maximum atomic E-state index is 5.24. The summed E-state index contributed by atoms with van der Waals surface area (Å²) >= 11 is 0. The van der Waals surface area contributed by atoms with Gasteiger partial charge in [-0.05, 0) is 108 Å². The summed E-state index contributed by atoms with van der Waals surface area (Å²) in [4.78, 5) is 10.5. The lowest BCUT2D eigenvalue weighted by molar-refractivity contribution is 1.18. The maximum absolute atomic E-state index is 5.24. The summed E-state index contributed by atoms with van der Waals surface area (Å²) < 4.78 is 0. The molecule has 11 rings (SSSR count). The lowest BCUT2D eigenvalue weighted by Gasteiger charge is -2.12. The first-order valence-electron chi connectivity index (χ1n) is 22.5. The zero-order valence-corrected chi connectivity index (χ0v) is 36.3. The molecule has 0 N–H and O–H groups in total. The minimum atomic E-state index is 0.680. The van der Waals surface area contributed by atoms with E-state index in [0.29, 0.717) is 5.82 Å². The molecule has 2 heteroatoms. The number of hydrogen-bond acceptors (Lipinski definition) is 2. The van der Waals surface area contributed by atoms with Crippen LogP contribution < -0.4 is 0 Å². The van der Waals surface area contributed by atoms with Crippen LogP contribution in [0.5, 0.6) is 0 Å². The first-order chi connectivity index (χ1) is 32.7. The zero-order valence-electron chi connectivity index (χ0n) is 36.3. The van der Waals surface area contributed by atoms with Crippen LogP contribution in [-0.2, 0) is 0 Å². The minimum absolute atomic E-state index is 0.680. The Bertz CT molecular complexity index is 3270. The average molecular weight is 841 g/mol. The molecule has 0 amide bonds. The summed E-state index contributed by atoms with van der Waals surface area (Å²) in [6.45, 7) is 0. The van der Waals surface area contributed by atoms with Gasteiger partial charge in [-0.3, -0.25) is 0 Å². The Kier molecular flexibility index (Phi) is 11.0. The fraction of sp³-hybridized carbons (Fsp3) is 0. The Hall–Kier alpha value is -8.72. The molecule has 0 radical (unpaired) electrons. The van der Waals surface area contributed by atoms with Gasteiger partial charge in [-0.1, -0.05) is 237 Å². The molecule has 0 saturated heterocycles. The zero-order chi connectivity index (χ0) is 44.1. The van der Waals surface area contributed by atoms with Crippen LogP contribution in [0.25, 0.3) is 112 Å². The van der Waals surface area contributed by atoms with Crippen LogP contribution in [0.15, 0.2) is 267 Å². The molecule has 0 unspecified atom stereocenters. The SMILES string of the molecule is c1ccc(-c2cccc(-c3ccc(-c4cc(-c5ccc(-c6cccc(-c7ccccc7)c6)cc5)nc(-c5ccc(-c6cccc(-c7cccc(-c8ccccc8)c7)c6)cc5)n4)cc3)c2)cc1. The Balaban J connectivity index is 0.925. The van der Waals surface area contributed by atoms with Gasteiger partial charge in [-0.2, -0.15) is 0 Å². The van der Waals surface area contributed by atoms with Gasteiger partial charge < -0.3 is 0 Å². The van der Waals surface area contributed by atoms with Crippen molar-refractivity contribution in [3.63, 3.8) is 0 Å².